The van der Waals surface area contributed by atoms with Crippen LogP contribution in [0, 0.1) is 13.8 Å². The number of urea groups is 1. The molecule has 0 aliphatic carbocycles. The molecule has 7 heteroatoms. The van der Waals surface area contributed by atoms with Crippen LogP contribution >= 0.6 is 0 Å². The number of hydrogen-bond acceptors (Lipinski definition) is 5. The van der Waals surface area contributed by atoms with E-state index in [4.69, 9.17) is 13.9 Å². The number of aliphatic hydroxyl groups excluding tert-OH is 1. The number of anilines is 1. The fraction of sp³-hybridized carbons (Fsp3) is 0.389. The van der Waals surface area contributed by atoms with Gasteiger partial charge in [-0.05, 0) is 38.5 Å². The van der Waals surface area contributed by atoms with Crippen LogP contribution in [0.5, 0.6) is 11.5 Å². The van der Waals surface area contributed by atoms with E-state index in [9.17, 15) is 9.90 Å². The molecule has 3 N–H and O–H groups in total. The number of para-hydroxylation sites is 1. The molecular formula is C18H24N2O5. The van der Waals surface area contributed by atoms with Crippen LogP contribution in [0.25, 0.3) is 0 Å². The number of hydrogen-bond donors (Lipinski definition) is 3. The van der Waals surface area contributed by atoms with Crippen LogP contribution in [0.4, 0.5) is 10.5 Å². The van der Waals surface area contributed by atoms with E-state index in [2.05, 4.69) is 10.6 Å². The number of methoxy groups -OCH3 is 2. The van der Waals surface area contributed by atoms with Crippen molar-refractivity contribution in [2.45, 2.75) is 26.4 Å². The van der Waals surface area contributed by atoms with Crippen molar-refractivity contribution in [3.05, 3.63) is 41.3 Å². The molecule has 7 nitrogen and oxygen atoms in total. The maximum Gasteiger partial charge on any atom is 0.319 e. The number of nitrogens with one attached hydrogen (secondary N) is 2. The van der Waals surface area contributed by atoms with Crippen LogP contribution in [0.1, 0.15) is 29.6 Å². The second kappa shape index (κ2) is 8.43. The van der Waals surface area contributed by atoms with E-state index in [0.29, 0.717) is 35.9 Å². The van der Waals surface area contributed by atoms with E-state index in [1.807, 2.05) is 6.92 Å². The van der Waals surface area contributed by atoms with Crippen LogP contribution in [0.3, 0.4) is 0 Å². The number of amides is 2. The quantitative estimate of drug-likeness (QED) is 0.715. The lowest BCUT2D eigenvalue weighted by Crippen LogP contribution is -2.30. The highest BCUT2D eigenvalue weighted by atomic mass is 16.5. The van der Waals surface area contributed by atoms with Gasteiger partial charge in [-0.3, -0.25) is 0 Å². The lowest BCUT2D eigenvalue weighted by Gasteiger charge is -2.14. The first kappa shape index (κ1) is 18.7. The number of benzene rings is 1. The van der Waals surface area contributed by atoms with Gasteiger partial charge in [0, 0.05) is 12.1 Å². The lowest BCUT2D eigenvalue weighted by atomic mass is 10.1. The number of carbonyl (C=O) groups excluding carboxylic acids is 1. The second-order valence-electron chi connectivity index (χ2n) is 5.60. The first-order valence-corrected chi connectivity index (χ1v) is 7.97. The molecule has 0 radical (unpaired) electrons. The Bertz CT molecular complexity index is 726. The summed E-state index contributed by atoms with van der Waals surface area (Å²) in [6.07, 6.45) is -0.313. The summed E-state index contributed by atoms with van der Waals surface area (Å²) in [6.45, 7) is 3.94. The Morgan fingerprint density at radius 3 is 2.64 bits per heavy atom. The van der Waals surface area contributed by atoms with Gasteiger partial charge in [-0.1, -0.05) is 6.07 Å². The molecule has 0 aliphatic rings. The highest BCUT2D eigenvalue weighted by Gasteiger charge is 2.15. The summed E-state index contributed by atoms with van der Waals surface area (Å²) in [7, 11) is 3.04. The summed E-state index contributed by atoms with van der Waals surface area (Å²) in [5.41, 5.74) is 1.25. The van der Waals surface area contributed by atoms with Crippen molar-refractivity contribution >= 4 is 11.7 Å². The minimum atomic E-state index is -0.691. The van der Waals surface area contributed by atoms with Gasteiger partial charge in [-0.15, -0.1) is 0 Å². The molecule has 2 aromatic rings. The topological polar surface area (TPSA) is 93.0 Å². The Balaban J connectivity index is 1.88. The Morgan fingerprint density at radius 2 is 2.04 bits per heavy atom. The zero-order valence-electron chi connectivity index (χ0n) is 14.9. The molecule has 1 aromatic carbocycles. The van der Waals surface area contributed by atoms with E-state index in [-0.39, 0.29) is 6.03 Å². The fourth-order valence-electron chi connectivity index (χ4n) is 2.61. The van der Waals surface area contributed by atoms with E-state index in [1.165, 1.54) is 14.2 Å². The van der Waals surface area contributed by atoms with E-state index in [1.54, 1.807) is 31.2 Å². The van der Waals surface area contributed by atoms with E-state index in [0.717, 1.165) is 11.3 Å². The molecule has 25 heavy (non-hydrogen) atoms. The van der Waals surface area contributed by atoms with Crippen LogP contribution in [0.15, 0.2) is 28.7 Å². The highest BCUT2D eigenvalue weighted by Crippen LogP contribution is 2.34. The molecule has 0 unspecified atom stereocenters. The molecule has 0 spiro atoms. The molecule has 1 heterocycles. The zero-order chi connectivity index (χ0) is 18.4. The van der Waals surface area contributed by atoms with Crippen molar-refractivity contribution in [3.8, 4) is 11.5 Å². The third kappa shape index (κ3) is 4.67. The predicted molar refractivity (Wildman–Crippen MR) is 94.3 cm³/mol. The smallest absolute Gasteiger partial charge is 0.319 e. The minimum Gasteiger partial charge on any atom is -0.493 e. The molecule has 1 aromatic heterocycles. The van der Waals surface area contributed by atoms with Gasteiger partial charge in [0.2, 0.25) is 0 Å². The van der Waals surface area contributed by atoms with Crippen molar-refractivity contribution in [2.75, 3.05) is 26.1 Å². The van der Waals surface area contributed by atoms with Gasteiger partial charge in [-0.25, -0.2) is 4.79 Å². The summed E-state index contributed by atoms with van der Waals surface area (Å²) in [5, 5.41) is 15.6. The standard InChI is InChI=1S/C18H24N2O5/c1-11-10-13(12(2)25-11)15(21)8-9-19-18(22)20-14-6-5-7-16(23-3)17(14)24-4/h5-7,10,15,21H,8-9H2,1-4H3,(H2,19,20,22)/t15-/m0/s1. The molecule has 0 saturated carbocycles. The third-order valence-electron chi connectivity index (χ3n) is 3.79. The molecular weight excluding hydrogens is 324 g/mol. The molecule has 0 saturated heterocycles. The highest BCUT2D eigenvalue weighted by molar-refractivity contribution is 5.91. The molecule has 0 aliphatic heterocycles. The molecule has 2 rings (SSSR count). The number of aliphatic hydroxyl groups is 1. The van der Waals surface area contributed by atoms with Crippen molar-refractivity contribution in [2.24, 2.45) is 0 Å². The summed E-state index contributed by atoms with van der Waals surface area (Å²) >= 11 is 0. The average molecular weight is 348 g/mol. The van der Waals surface area contributed by atoms with Crippen molar-refractivity contribution in [1.29, 1.82) is 0 Å². The van der Waals surface area contributed by atoms with Gasteiger partial charge >= 0.3 is 6.03 Å². The Morgan fingerprint density at radius 1 is 1.28 bits per heavy atom. The number of furan rings is 1. The van der Waals surface area contributed by atoms with Crippen molar-refractivity contribution < 1.29 is 23.8 Å². The SMILES string of the molecule is COc1cccc(NC(=O)NCC[C@H](O)c2cc(C)oc2C)c1OC. The summed E-state index contributed by atoms with van der Waals surface area (Å²) < 4.78 is 15.9. The second-order valence-corrected chi connectivity index (χ2v) is 5.60. The number of carbonyl (C=O) groups is 1. The maximum absolute atomic E-state index is 12.1. The molecule has 1 atom stereocenters. The van der Waals surface area contributed by atoms with Crippen LogP contribution in [0.2, 0.25) is 0 Å². The summed E-state index contributed by atoms with van der Waals surface area (Å²) in [4.78, 5) is 12.1. The minimum absolute atomic E-state index is 0.308. The first-order chi connectivity index (χ1) is 12.0. The average Bonchev–Trinajstić information content (AvgIpc) is 2.92. The van der Waals surface area contributed by atoms with Crippen molar-refractivity contribution in [1.82, 2.24) is 5.32 Å². The fourth-order valence-corrected chi connectivity index (χ4v) is 2.61. The van der Waals surface area contributed by atoms with E-state index >= 15 is 0 Å². The number of ether oxygens (including phenoxy) is 2. The predicted octanol–water partition coefficient (Wildman–Crippen LogP) is 3.16. The summed E-state index contributed by atoms with van der Waals surface area (Å²) in [6, 6.07) is 6.63. The normalized spacial score (nSPS) is 11.7. The third-order valence-corrected chi connectivity index (χ3v) is 3.79. The molecule has 2 amide bonds. The van der Waals surface area contributed by atoms with Gasteiger partial charge in [-0.2, -0.15) is 0 Å². The van der Waals surface area contributed by atoms with Crippen LogP contribution in [-0.2, 0) is 0 Å². The van der Waals surface area contributed by atoms with Gasteiger partial charge in [0.05, 0.1) is 26.0 Å². The Kier molecular flexibility index (Phi) is 6.30. The molecule has 136 valence electrons. The van der Waals surface area contributed by atoms with Crippen LogP contribution in [-0.4, -0.2) is 31.9 Å². The zero-order valence-corrected chi connectivity index (χ0v) is 14.9. The maximum atomic E-state index is 12.1. The first-order valence-electron chi connectivity index (χ1n) is 7.97. The van der Waals surface area contributed by atoms with Gasteiger partial charge in [0.15, 0.2) is 11.5 Å². The van der Waals surface area contributed by atoms with Gasteiger partial charge < -0.3 is 29.6 Å². The summed E-state index contributed by atoms with van der Waals surface area (Å²) in [5.74, 6) is 2.42. The Labute approximate surface area is 146 Å². The molecule has 0 bridgehead atoms. The van der Waals surface area contributed by atoms with E-state index < -0.39 is 6.10 Å². The van der Waals surface area contributed by atoms with Crippen molar-refractivity contribution in [3.63, 3.8) is 0 Å². The Hall–Kier alpha value is -2.67. The largest absolute Gasteiger partial charge is 0.493 e. The monoisotopic (exact) mass is 348 g/mol. The number of rotatable bonds is 7. The van der Waals surface area contributed by atoms with Gasteiger partial charge in [0.1, 0.15) is 11.5 Å². The van der Waals surface area contributed by atoms with Crippen LogP contribution < -0.4 is 20.1 Å². The lowest BCUT2D eigenvalue weighted by molar-refractivity contribution is 0.165. The molecule has 0 fully saturated rings. The van der Waals surface area contributed by atoms with Gasteiger partial charge in [0.25, 0.3) is 0 Å². The number of aryl methyl sites for hydroxylation is 2.